The quantitative estimate of drug-likeness (QED) is 0.876. The second-order valence-corrected chi connectivity index (χ2v) is 4.64. The highest BCUT2D eigenvalue weighted by Crippen LogP contribution is 2.24. The minimum Gasteiger partial charge on any atom is -0.481 e. The first-order chi connectivity index (χ1) is 10.5. The van der Waals surface area contributed by atoms with Crippen molar-refractivity contribution in [2.75, 3.05) is 19.5 Å². The monoisotopic (exact) mass is 320 g/mol. The van der Waals surface area contributed by atoms with Crippen LogP contribution >= 0.6 is 11.6 Å². The Morgan fingerprint density at radius 2 is 1.86 bits per heavy atom. The van der Waals surface area contributed by atoms with Crippen molar-refractivity contribution in [1.29, 1.82) is 0 Å². The number of aromatic nitrogens is 1. The Bertz CT molecular complexity index is 701. The van der Waals surface area contributed by atoms with Crippen molar-refractivity contribution in [1.82, 2.24) is 4.98 Å². The van der Waals surface area contributed by atoms with Crippen LogP contribution in [0.1, 0.15) is 20.7 Å². The number of methoxy groups -OCH3 is 2. The lowest BCUT2D eigenvalue weighted by molar-refractivity contribution is 0.0600. The van der Waals surface area contributed by atoms with Crippen LogP contribution in [0.2, 0.25) is 5.02 Å². The van der Waals surface area contributed by atoms with E-state index in [-0.39, 0.29) is 5.56 Å². The molecule has 1 heterocycles. The molecule has 0 unspecified atom stereocenters. The second kappa shape index (κ2) is 6.91. The van der Waals surface area contributed by atoms with Crippen LogP contribution in [-0.4, -0.2) is 31.1 Å². The van der Waals surface area contributed by atoms with E-state index in [4.69, 9.17) is 16.3 Å². The van der Waals surface area contributed by atoms with E-state index in [0.717, 1.165) is 0 Å². The van der Waals surface area contributed by atoms with E-state index in [9.17, 15) is 9.59 Å². The highest BCUT2D eigenvalue weighted by Gasteiger charge is 2.13. The number of esters is 1. The van der Waals surface area contributed by atoms with Crippen LogP contribution < -0.4 is 10.1 Å². The highest BCUT2D eigenvalue weighted by atomic mass is 35.5. The lowest BCUT2D eigenvalue weighted by atomic mass is 10.2. The minimum absolute atomic E-state index is 0.287. The van der Waals surface area contributed by atoms with Crippen LogP contribution in [0.4, 0.5) is 5.69 Å². The van der Waals surface area contributed by atoms with Crippen molar-refractivity contribution < 1.29 is 19.1 Å². The van der Waals surface area contributed by atoms with Crippen molar-refractivity contribution in [2.45, 2.75) is 0 Å². The molecule has 0 aliphatic rings. The van der Waals surface area contributed by atoms with E-state index in [2.05, 4.69) is 15.0 Å². The molecule has 0 saturated heterocycles. The number of pyridine rings is 1. The molecule has 1 aromatic carbocycles. The van der Waals surface area contributed by atoms with Crippen molar-refractivity contribution in [3.05, 3.63) is 52.7 Å². The lowest BCUT2D eigenvalue weighted by Gasteiger charge is -2.09. The number of hydrogen-bond acceptors (Lipinski definition) is 5. The maximum absolute atomic E-state index is 12.1. The number of nitrogens with zero attached hydrogens (tertiary/aromatic N) is 1. The molecule has 2 aromatic rings. The van der Waals surface area contributed by atoms with Crippen LogP contribution in [0, 0.1) is 0 Å². The SMILES string of the molecule is COC(=O)c1ccc(Cl)c(NC(=O)c2ccc(OC)nc2)c1. The van der Waals surface area contributed by atoms with Gasteiger partial charge in [-0.05, 0) is 24.3 Å². The van der Waals surface area contributed by atoms with Crippen LogP contribution in [-0.2, 0) is 4.74 Å². The fourth-order valence-electron chi connectivity index (χ4n) is 1.70. The van der Waals surface area contributed by atoms with Crippen LogP contribution in [0.3, 0.4) is 0 Å². The third-order valence-corrected chi connectivity index (χ3v) is 3.17. The van der Waals surface area contributed by atoms with Gasteiger partial charge < -0.3 is 14.8 Å². The van der Waals surface area contributed by atoms with Crippen molar-refractivity contribution >= 4 is 29.2 Å². The summed E-state index contributed by atoms with van der Waals surface area (Å²) in [6.45, 7) is 0. The maximum Gasteiger partial charge on any atom is 0.337 e. The third kappa shape index (κ3) is 3.53. The van der Waals surface area contributed by atoms with Crippen molar-refractivity contribution in [3.63, 3.8) is 0 Å². The smallest absolute Gasteiger partial charge is 0.337 e. The molecule has 0 spiro atoms. The molecule has 1 N–H and O–H groups in total. The molecular weight excluding hydrogens is 308 g/mol. The molecule has 0 fully saturated rings. The van der Waals surface area contributed by atoms with Gasteiger partial charge in [0.2, 0.25) is 5.88 Å². The number of carbonyl (C=O) groups excluding carboxylic acids is 2. The molecule has 0 radical (unpaired) electrons. The summed E-state index contributed by atoms with van der Waals surface area (Å²) >= 11 is 6.02. The normalized spacial score (nSPS) is 9.95. The van der Waals surface area contributed by atoms with Crippen molar-refractivity contribution in [3.8, 4) is 5.88 Å². The Labute approximate surface area is 132 Å². The largest absolute Gasteiger partial charge is 0.481 e. The predicted octanol–water partition coefficient (Wildman–Crippen LogP) is 2.78. The zero-order valence-electron chi connectivity index (χ0n) is 11.9. The topological polar surface area (TPSA) is 77.5 Å². The van der Waals surface area contributed by atoms with Gasteiger partial charge in [-0.25, -0.2) is 9.78 Å². The molecule has 2 rings (SSSR count). The van der Waals surface area contributed by atoms with Gasteiger partial charge >= 0.3 is 5.97 Å². The summed E-state index contributed by atoms with van der Waals surface area (Å²) < 4.78 is 9.55. The minimum atomic E-state index is -0.515. The summed E-state index contributed by atoms with van der Waals surface area (Å²) in [5, 5.41) is 2.93. The summed E-state index contributed by atoms with van der Waals surface area (Å²) in [4.78, 5) is 27.6. The molecule has 6 nitrogen and oxygen atoms in total. The van der Waals surface area contributed by atoms with Gasteiger partial charge in [0.15, 0.2) is 0 Å². The summed E-state index contributed by atoms with van der Waals surface area (Å²) in [6.07, 6.45) is 1.38. The summed E-state index contributed by atoms with van der Waals surface area (Å²) in [5.41, 5.74) is 0.931. The third-order valence-electron chi connectivity index (χ3n) is 2.84. The molecule has 114 valence electrons. The maximum atomic E-state index is 12.1. The fourth-order valence-corrected chi connectivity index (χ4v) is 1.86. The average Bonchev–Trinajstić information content (AvgIpc) is 2.56. The number of carbonyl (C=O) groups is 2. The summed E-state index contributed by atoms with van der Waals surface area (Å²) in [5.74, 6) is -0.514. The number of rotatable bonds is 4. The molecule has 22 heavy (non-hydrogen) atoms. The highest BCUT2D eigenvalue weighted by molar-refractivity contribution is 6.34. The molecule has 7 heteroatoms. The summed E-state index contributed by atoms with van der Waals surface area (Å²) in [6, 6.07) is 7.61. The zero-order valence-corrected chi connectivity index (χ0v) is 12.7. The molecule has 0 aliphatic heterocycles. The molecule has 0 atom stereocenters. The van der Waals surface area contributed by atoms with Gasteiger partial charge in [0, 0.05) is 12.3 Å². The number of benzene rings is 1. The number of ether oxygens (including phenoxy) is 2. The van der Waals surface area contributed by atoms with Gasteiger partial charge in [-0.3, -0.25) is 4.79 Å². The first-order valence-electron chi connectivity index (χ1n) is 6.24. The Balaban J connectivity index is 2.21. The number of nitrogens with one attached hydrogen (secondary N) is 1. The number of amides is 1. The molecule has 1 amide bonds. The van der Waals surface area contributed by atoms with E-state index in [1.165, 1.54) is 38.6 Å². The van der Waals surface area contributed by atoms with E-state index in [0.29, 0.717) is 22.2 Å². The first-order valence-corrected chi connectivity index (χ1v) is 6.62. The zero-order chi connectivity index (χ0) is 16.1. The van der Waals surface area contributed by atoms with E-state index < -0.39 is 11.9 Å². The van der Waals surface area contributed by atoms with Crippen LogP contribution in [0.25, 0.3) is 0 Å². The Kier molecular flexibility index (Phi) is 4.95. The van der Waals surface area contributed by atoms with E-state index in [1.807, 2.05) is 0 Å². The fraction of sp³-hybridized carbons (Fsp3) is 0.133. The van der Waals surface area contributed by atoms with Gasteiger partial charge in [0.25, 0.3) is 5.91 Å². The van der Waals surface area contributed by atoms with Gasteiger partial charge in [-0.2, -0.15) is 0 Å². The van der Waals surface area contributed by atoms with Crippen LogP contribution in [0.15, 0.2) is 36.5 Å². The predicted molar refractivity (Wildman–Crippen MR) is 81.5 cm³/mol. The standard InChI is InChI=1S/C15H13ClN2O4/c1-21-13-6-4-10(8-17-13)14(19)18-12-7-9(15(20)22-2)3-5-11(12)16/h3-8H,1-2H3,(H,18,19). The van der Waals surface area contributed by atoms with Gasteiger partial charge in [0.05, 0.1) is 36.1 Å². The molecule has 0 aliphatic carbocycles. The molecule has 0 saturated carbocycles. The first kappa shape index (κ1) is 15.8. The molecule has 0 bridgehead atoms. The number of hydrogen-bond donors (Lipinski definition) is 1. The van der Waals surface area contributed by atoms with Crippen molar-refractivity contribution in [2.24, 2.45) is 0 Å². The van der Waals surface area contributed by atoms with Crippen LogP contribution in [0.5, 0.6) is 5.88 Å². The Morgan fingerprint density at radius 3 is 2.45 bits per heavy atom. The number of halogens is 1. The Morgan fingerprint density at radius 1 is 1.14 bits per heavy atom. The molecular formula is C15H13ClN2O4. The average molecular weight is 321 g/mol. The van der Waals surface area contributed by atoms with E-state index >= 15 is 0 Å². The van der Waals surface area contributed by atoms with Gasteiger partial charge in [-0.1, -0.05) is 11.6 Å². The van der Waals surface area contributed by atoms with E-state index in [1.54, 1.807) is 12.1 Å². The van der Waals surface area contributed by atoms with Gasteiger partial charge in [-0.15, -0.1) is 0 Å². The summed E-state index contributed by atoms with van der Waals surface area (Å²) in [7, 11) is 2.76. The van der Waals surface area contributed by atoms with Gasteiger partial charge in [0.1, 0.15) is 0 Å². The lowest BCUT2D eigenvalue weighted by Crippen LogP contribution is -2.13. The Hall–Kier alpha value is -2.60. The number of anilines is 1. The second-order valence-electron chi connectivity index (χ2n) is 4.23. The molecule has 1 aromatic heterocycles.